The lowest BCUT2D eigenvalue weighted by Gasteiger charge is -2.06. The molecule has 0 bridgehead atoms. The minimum atomic E-state index is 0.911. The van der Waals surface area contributed by atoms with Gasteiger partial charge in [0, 0.05) is 12.2 Å². The van der Waals surface area contributed by atoms with Gasteiger partial charge in [0.25, 0.3) is 0 Å². The zero-order valence-electron chi connectivity index (χ0n) is 9.49. The summed E-state index contributed by atoms with van der Waals surface area (Å²) in [6.07, 6.45) is 1.91. The molecule has 2 aromatic rings. The lowest BCUT2D eigenvalue weighted by molar-refractivity contribution is 0.768. The van der Waals surface area contributed by atoms with Gasteiger partial charge in [-0.25, -0.2) is 4.98 Å². The number of benzene rings is 1. The predicted molar refractivity (Wildman–Crippen MR) is 62.0 cm³/mol. The molecule has 1 aromatic carbocycles. The summed E-state index contributed by atoms with van der Waals surface area (Å²) in [5.41, 5.74) is 5.00. The summed E-state index contributed by atoms with van der Waals surface area (Å²) in [7, 11) is 0. The van der Waals surface area contributed by atoms with E-state index in [0.717, 1.165) is 12.2 Å². The van der Waals surface area contributed by atoms with E-state index in [-0.39, 0.29) is 0 Å². The van der Waals surface area contributed by atoms with Crippen molar-refractivity contribution in [3.05, 3.63) is 53.1 Å². The van der Waals surface area contributed by atoms with Crippen LogP contribution in [0.1, 0.15) is 22.5 Å². The molecule has 0 radical (unpaired) electrons. The van der Waals surface area contributed by atoms with E-state index in [2.05, 4.69) is 47.7 Å². The first kappa shape index (κ1) is 9.97. The third-order valence-corrected chi connectivity index (χ3v) is 2.78. The molecule has 0 aliphatic carbocycles. The van der Waals surface area contributed by atoms with E-state index in [1.54, 1.807) is 0 Å². The van der Waals surface area contributed by atoms with Gasteiger partial charge < -0.3 is 4.57 Å². The van der Waals surface area contributed by atoms with Crippen LogP contribution in [0.2, 0.25) is 0 Å². The van der Waals surface area contributed by atoms with E-state index in [1.165, 1.54) is 16.8 Å². The first-order chi connectivity index (χ1) is 7.16. The van der Waals surface area contributed by atoms with Crippen molar-refractivity contribution >= 4 is 0 Å². The molecule has 2 heteroatoms. The lowest BCUT2D eigenvalue weighted by atomic mass is 10.1. The molecule has 1 aromatic heterocycles. The molecule has 1 heterocycles. The Hall–Kier alpha value is -1.57. The zero-order chi connectivity index (χ0) is 10.8. The Labute approximate surface area is 90.6 Å². The van der Waals surface area contributed by atoms with Crippen molar-refractivity contribution in [1.82, 2.24) is 9.55 Å². The van der Waals surface area contributed by atoms with Gasteiger partial charge in [0.05, 0.1) is 12.0 Å². The monoisotopic (exact) mass is 200 g/mol. The standard InChI is InChI=1S/C13H16N2/c1-10-5-4-6-13(7-10)8-15-9-14-11(2)12(15)3/h4-7,9H,8H2,1-3H3. The Bertz CT molecular complexity index is 469. The van der Waals surface area contributed by atoms with E-state index >= 15 is 0 Å². The van der Waals surface area contributed by atoms with Crippen molar-refractivity contribution in [2.24, 2.45) is 0 Å². The maximum absolute atomic E-state index is 4.30. The fourth-order valence-electron chi connectivity index (χ4n) is 1.71. The number of imidazole rings is 1. The van der Waals surface area contributed by atoms with E-state index in [1.807, 2.05) is 13.3 Å². The fraction of sp³-hybridized carbons (Fsp3) is 0.308. The molecule has 0 spiro atoms. The van der Waals surface area contributed by atoms with E-state index < -0.39 is 0 Å². The second-order valence-corrected chi connectivity index (χ2v) is 4.03. The highest BCUT2D eigenvalue weighted by Crippen LogP contribution is 2.10. The largest absolute Gasteiger partial charge is 0.330 e. The van der Waals surface area contributed by atoms with Crippen LogP contribution in [0.15, 0.2) is 30.6 Å². The van der Waals surface area contributed by atoms with E-state index in [9.17, 15) is 0 Å². The molecule has 0 aliphatic heterocycles. The van der Waals surface area contributed by atoms with Gasteiger partial charge in [0.15, 0.2) is 0 Å². The van der Waals surface area contributed by atoms with E-state index in [4.69, 9.17) is 0 Å². The average Bonchev–Trinajstić information content (AvgIpc) is 2.50. The van der Waals surface area contributed by atoms with Gasteiger partial charge in [-0.2, -0.15) is 0 Å². The van der Waals surface area contributed by atoms with Gasteiger partial charge >= 0.3 is 0 Å². The molecule has 0 atom stereocenters. The van der Waals surface area contributed by atoms with Crippen molar-refractivity contribution in [1.29, 1.82) is 0 Å². The Morgan fingerprint density at radius 2 is 2.00 bits per heavy atom. The summed E-state index contributed by atoms with van der Waals surface area (Å²) in [6, 6.07) is 8.59. The molecule has 0 saturated heterocycles. The third kappa shape index (κ3) is 2.09. The molecule has 2 nitrogen and oxygen atoms in total. The summed E-state index contributed by atoms with van der Waals surface area (Å²) in [4.78, 5) is 4.30. The molecule has 0 fully saturated rings. The molecule has 0 unspecified atom stereocenters. The van der Waals surface area contributed by atoms with Crippen LogP contribution >= 0.6 is 0 Å². The van der Waals surface area contributed by atoms with Crippen molar-refractivity contribution < 1.29 is 0 Å². The quantitative estimate of drug-likeness (QED) is 0.729. The number of aromatic nitrogens is 2. The zero-order valence-corrected chi connectivity index (χ0v) is 9.49. The summed E-state index contributed by atoms with van der Waals surface area (Å²) in [5, 5.41) is 0. The molecule has 0 amide bonds. The maximum Gasteiger partial charge on any atom is 0.0954 e. The molecule has 15 heavy (non-hydrogen) atoms. The maximum atomic E-state index is 4.30. The average molecular weight is 200 g/mol. The first-order valence-electron chi connectivity index (χ1n) is 5.20. The smallest absolute Gasteiger partial charge is 0.0954 e. The number of hydrogen-bond donors (Lipinski definition) is 0. The highest BCUT2D eigenvalue weighted by molar-refractivity contribution is 5.23. The molecule has 0 saturated carbocycles. The fourth-order valence-corrected chi connectivity index (χ4v) is 1.71. The normalized spacial score (nSPS) is 10.6. The van der Waals surface area contributed by atoms with Gasteiger partial charge in [-0.05, 0) is 26.3 Å². The van der Waals surface area contributed by atoms with Crippen molar-refractivity contribution in [2.45, 2.75) is 27.3 Å². The van der Waals surface area contributed by atoms with Crippen LogP contribution in [0, 0.1) is 20.8 Å². The van der Waals surface area contributed by atoms with Gasteiger partial charge in [-0.3, -0.25) is 0 Å². The topological polar surface area (TPSA) is 17.8 Å². The highest BCUT2D eigenvalue weighted by atomic mass is 15.0. The summed E-state index contributed by atoms with van der Waals surface area (Å²) in [6.45, 7) is 7.18. The number of hydrogen-bond acceptors (Lipinski definition) is 1. The number of aryl methyl sites for hydroxylation is 2. The van der Waals surface area contributed by atoms with Gasteiger partial charge in [0.1, 0.15) is 0 Å². The molecule has 78 valence electrons. The van der Waals surface area contributed by atoms with Crippen molar-refractivity contribution in [2.75, 3.05) is 0 Å². The lowest BCUT2D eigenvalue weighted by Crippen LogP contribution is -2.00. The summed E-state index contributed by atoms with van der Waals surface area (Å²) < 4.78 is 2.18. The van der Waals surface area contributed by atoms with Gasteiger partial charge in [-0.1, -0.05) is 29.8 Å². The minimum absolute atomic E-state index is 0.911. The SMILES string of the molecule is Cc1cccc(Cn2cnc(C)c2C)c1. The van der Waals surface area contributed by atoms with Crippen LogP contribution in [0.25, 0.3) is 0 Å². The minimum Gasteiger partial charge on any atom is -0.330 e. The Morgan fingerprint density at radius 1 is 1.20 bits per heavy atom. The van der Waals surface area contributed by atoms with E-state index in [0.29, 0.717) is 0 Å². The Balaban J connectivity index is 2.26. The molecule has 2 rings (SSSR count). The van der Waals surface area contributed by atoms with Crippen LogP contribution in [0.3, 0.4) is 0 Å². The summed E-state index contributed by atoms with van der Waals surface area (Å²) >= 11 is 0. The van der Waals surface area contributed by atoms with Crippen LogP contribution in [-0.4, -0.2) is 9.55 Å². The Morgan fingerprint density at radius 3 is 2.60 bits per heavy atom. The Kier molecular flexibility index (Phi) is 2.58. The molecule has 0 N–H and O–H groups in total. The molecule has 0 aliphatic rings. The van der Waals surface area contributed by atoms with Crippen LogP contribution in [0.5, 0.6) is 0 Å². The first-order valence-corrected chi connectivity index (χ1v) is 5.20. The van der Waals surface area contributed by atoms with Crippen molar-refractivity contribution in [3.63, 3.8) is 0 Å². The number of nitrogens with zero attached hydrogens (tertiary/aromatic N) is 2. The van der Waals surface area contributed by atoms with Crippen LogP contribution in [0.4, 0.5) is 0 Å². The third-order valence-electron chi connectivity index (χ3n) is 2.78. The van der Waals surface area contributed by atoms with Gasteiger partial charge in [0.2, 0.25) is 0 Å². The second kappa shape index (κ2) is 3.89. The summed E-state index contributed by atoms with van der Waals surface area (Å²) in [5.74, 6) is 0. The predicted octanol–water partition coefficient (Wildman–Crippen LogP) is 2.86. The van der Waals surface area contributed by atoms with Gasteiger partial charge in [-0.15, -0.1) is 0 Å². The molecular formula is C13H16N2. The van der Waals surface area contributed by atoms with Crippen LogP contribution < -0.4 is 0 Å². The van der Waals surface area contributed by atoms with Crippen LogP contribution in [-0.2, 0) is 6.54 Å². The second-order valence-electron chi connectivity index (χ2n) is 4.03. The number of rotatable bonds is 2. The van der Waals surface area contributed by atoms with Crippen molar-refractivity contribution in [3.8, 4) is 0 Å². The highest BCUT2D eigenvalue weighted by Gasteiger charge is 2.02. The molecular weight excluding hydrogens is 184 g/mol.